The minimum atomic E-state index is -4.25. The van der Waals surface area contributed by atoms with Crippen molar-refractivity contribution in [1.82, 2.24) is 4.98 Å². The Hall–Kier alpha value is 0.460. The third-order valence-electron chi connectivity index (χ3n) is 1.41. The molecular weight excluding hydrogens is 430 g/mol. The molecule has 1 aromatic rings. The van der Waals surface area contributed by atoms with Crippen molar-refractivity contribution >= 4 is 58.3 Å². The summed E-state index contributed by atoms with van der Waals surface area (Å²) < 4.78 is 47.2. The molecule has 0 saturated heterocycles. The number of alkyl halides is 2. The number of aromatic nitrogens is 1. The van der Waals surface area contributed by atoms with Crippen molar-refractivity contribution in [2.24, 2.45) is 0 Å². The molecule has 1 aromatic heterocycles. The standard InChI is InChI=1S/C6H2BrClF2INO2S/c7-5-4(15(8,13)14)2(6(9)10)1-3(11)12-5/h1,6H. The molecule has 1 heterocycles. The third kappa shape index (κ3) is 3.21. The molecule has 0 amide bonds. The first-order chi connectivity index (χ1) is 6.73. The predicted octanol–water partition coefficient (Wildman–Crippen LogP) is 3.31. The Labute approximate surface area is 111 Å². The van der Waals surface area contributed by atoms with Gasteiger partial charge in [0.15, 0.2) is 0 Å². The lowest BCUT2D eigenvalue weighted by Crippen LogP contribution is -2.03. The summed E-state index contributed by atoms with van der Waals surface area (Å²) >= 11 is 4.49. The van der Waals surface area contributed by atoms with Crippen LogP contribution in [0.1, 0.15) is 12.0 Å². The molecule has 9 heteroatoms. The number of hydrogen-bond acceptors (Lipinski definition) is 3. The van der Waals surface area contributed by atoms with E-state index >= 15 is 0 Å². The van der Waals surface area contributed by atoms with Crippen LogP contribution in [0.3, 0.4) is 0 Å². The zero-order chi connectivity index (χ0) is 11.8. The molecule has 3 nitrogen and oxygen atoms in total. The molecule has 84 valence electrons. The average Bonchev–Trinajstić information content (AvgIpc) is 1.99. The van der Waals surface area contributed by atoms with Crippen LogP contribution in [0.25, 0.3) is 0 Å². The van der Waals surface area contributed by atoms with Crippen molar-refractivity contribution in [1.29, 1.82) is 0 Å². The molecule has 0 fully saturated rings. The SMILES string of the molecule is O=S(=O)(Cl)c1c(C(F)F)cc(I)nc1Br. The van der Waals surface area contributed by atoms with E-state index in [1.807, 2.05) is 0 Å². The molecule has 0 aliphatic carbocycles. The average molecular weight is 432 g/mol. The smallest absolute Gasteiger partial charge is 0.234 e. The Bertz CT molecular complexity index is 496. The lowest BCUT2D eigenvalue weighted by molar-refractivity contribution is 0.147. The minimum absolute atomic E-state index is 0.209. The fraction of sp³-hybridized carbons (Fsp3) is 0.167. The third-order valence-corrected chi connectivity index (χ3v) is 4.18. The van der Waals surface area contributed by atoms with Gasteiger partial charge in [-0.1, -0.05) is 0 Å². The van der Waals surface area contributed by atoms with E-state index in [0.29, 0.717) is 0 Å². The fourth-order valence-electron chi connectivity index (χ4n) is 0.893. The number of halogens is 5. The molecule has 0 saturated carbocycles. The molecular formula is C6H2BrClF2INO2S. The summed E-state index contributed by atoms with van der Waals surface area (Å²) in [4.78, 5) is 3.01. The van der Waals surface area contributed by atoms with Crippen molar-refractivity contribution < 1.29 is 17.2 Å². The lowest BCUT2D eigenvalue weighted by Gasteiger charge is -2.07. The van der Waals surface area contributed by atoms with Crippen LogP contribution in [0.4, 0.5) is 8.78 Å². The Kier molecular flexibility index (Phi) is 4.29. The first kappa shape index (κ1) is 13.5. The van der Waals surface area contributed by atoms with Crippen LogP contribution in [0.15, 0.2) is 15.6 Å². The van der Waals surface area contributed by atoms with Crippen LogP contribution >= 0.6 is 49.2 Å². The largest absolute Gasteiger partial charge is 0.265 e. The van der Waals surface area contributed by atoms with Gasteiger partial charge >= 0.3 is 0 Å². The number of hydrogen-bond donors (Lipinski definition) is 0. The van der Waals surface area contributed by atoms with E-state index in [0.717, 1.165) is 6.07 Å². The fourth-order valence-corrected chi connectivity index (χ4v) is 4.30. The zero-order valence-corrected chi connectivity index (χ0v) is 12.0. The second-order valence-corrected chi connectivity index (χ2v) is 6.75. The summed E-state index contributed by atoms with van der Waals surface area (Å²) in [7, 11) is 0.785. The first-order valence-corrected chi connectivity index (χ1v) is 7.50. The van der Waals surface area contributed by atoms with Gasteiger partial charge in [-0.3, -0.25) is 0 Å². The van der Waals surface area contributed by atoms with Gasteiger partial charge in [-0.25, -0.2) is 22.2 Å². The van der Waals surface area contributed by atoms with Gasteiger partial charge in [-0.05, 0) is 44.6 Å². The Morgan fingerprint density at radius 1 is 1.53 bits per heavy atom. The van der Waals surface area contributed by atoms with Crippen LogP contribution in [0.5, 0.6) is 0 Å². The molecule has 0 bridgehead atoms. The molecule has 0 N–H and O–H groups in total. The second kappa shape index (κ2) is 4.76. The molecule has 0 aliphatic heterocycles. The van der Waals surface area contributed by atoms with Crippen LogP contribution in [-0.2, 0) is 9.05 Å². The van der Waals surface area contributed by atoms with Crippen LogP contribution in [-0.4, -0.2) is 13.4 Å². The van der Waals surface area contributed by atoms with E-state index < -0.39 is 25.9 Å². The highest BCUT2D eigenvalue weighted by molar-refractivity contribution is 14.1. The molecule has 0 aromatic carbocycles. The topological polar surface area (TPSA) is 47.0 Å². The quantitative estimate of drug-likeness (QED) is 0.409. The molecule has 0 aliphatic rings. The second-order valence-electron chi connectivity index (χ2n) is 2.39. The molecule has 0 radical (unpaired) electrons. The maximum absolute atomic E-state index is 12.5. The summed E-state index contributed by atoms with van der Waals surface area (Å²) in [5, 5.41) is 0. The van der Waals surface area contributed by atoms with E-state index in [9.17, 15) is 17.2 Å². The van der Waals surface area contributed by atoms with E-state index in [-0.39, 0.29) is 8.30 Å². The number of pyridine rings is 1. The van der Waals surface area contributed by atoms with Gasteiger partial charge in [0.1, 0.15) is 13.2 Å². The monoisotopic (exact) mass is 431 g/mol. The summed E-state index contributed by atoms with van der Waals surface area (Å²) in [6.45, 7) is 0. The van der Waals surface area contributed by atoms with Crippen LogP contribution < -0.4 is 0 Å². The van der Waals surface area contributed by atoms with Crippen molar-refractivity contribution in [3.05, 3.63) is 19.9 Å². The van der Waals surface area contributed by atoms with Gasteiger partial charge in [0.25, 0.3) is 15.5 Å². The van der Waals surface area contributed by atoms with Crippen LogP contribution in [0.2, 0.25) is 0 Å². The van der Waals surface area contributed by atoms with E-state index in [4.69, 9.17) is 10.7 Å². The molecule has 0 atom stereocenters. The highest BCUT2D eigenvalue weighted by Crippen LogP contribution is 2.34. The minimum Gasteiger partial charge on any atom is -0.234 e. The van der Waals surface area contributed by atoms with E-state index in [1.165, 1.54) is 0 Å². The van der Waals surface area contributed by atoms with E-state index in [1.54, 1.807) is 22.6 Å². The van der Waals surface area contributed by atoms with E-state index in [2.05, 4.69) is 20.9 Å². The van der Waals surface area contributed by atoms with Crippen molar-refractivity contribution in [3.63, 3.8) is 0 Å². The maximum atomic E-state index is 12.5. The van der Waals surface area contributed by atoms with Crippen molar-refractivity contribution in [2.75, 3.05) is 0 Å². The lowest BCUT2D eigenvalue weighted by atomic mass is 10.3. The highest BCUT2D eigenvalue weighted by Gasteiger charge is 2.26. The van der Waals surface area contributed by atoms with Gasteiger partial charge in [0, 0.05) is 16.2 Å². The van der Waals surface area contributed by atoms with Gasteiger partial charge < -0.3 is 0 Å². The van der Waals surface area contributed by atoms with Gasteiger partial charge in [-0.15, -0.1) is 0 Å². The summed E-state index contributed by atoms with van der Waals surface area (Å²) in [5.41, 5.74) is -0.656. The Morgan fingerprint density at radius 3 is 2.47 bits per heavy atom. The Balaban J connectivity index is 3.62. The molecule has 15 heavy (non-hydrogen) atoms. The van der Waals surface area contributed by atoms with Crippen molar-refractivity contribution in [2.45, 2.75) is 11.3 Å². The van der Waals surface area contributed by atoms with Gasteiger partial charge in [0.05, 0.1) is 0 Å². The highest BCUT2D eigenvalue weighted by atomic mass is 127. The number of nitrogens with zero attached hydrogens (tertiary/aromatic N) is 1. The van der Waals surface area contributed by atoms with Gasteiger partial charge in [-0.2, -0.15) is 0 Å². The predicted molar refractivity (Wildman–Crippen MR) is 62.6 cm³/mol. The van der Waals surface area contributed by atoms with Crippen molar-refractivity contribution in [3.8, 4) is 0 Å². The van der Waals surface area contributed by atoms with Crippen LogP contribution in [0, 0.1) is 3.70 Å². The zero-order valence-electron chi connectivity index (χ0n) is 6.72. The normalized spacial score (nSPS) is 12.1. The molecule has 1 rings (SSSR count). The Morgan fingerprint density at radius 2 is 2.07 bits per heavy atom. The summed E-state index contributed by atoms with van der Waals surface area (Å²) in [5.74, 6) is 0. The maximum Gasteiger partial charge on any atom is 0.265 e. The number of rotatable bonds is 2. The van der Waals surface area contributed by atoms with Gasteiger partial charge in [0.2, 0.25) is 0 Å². The molecule has 0 spiro atoms. The summed E-state index contributed by atoms with van der Waals surface area (Å²) in [6, 6.07) is 0.977. The molecule has 0 unspecified atom stereocenters. The first-order valence-electron chi connectivity index (χ1n) is 3.32. The summed E-state index contributed by atoms with van der Waals surface area (Å²) in [6.07, 6.45) is -2.93.